The smallest absolute Gasteiger partial charge is 0.123 e. The summed E-state index contributed by atoms with van der Waals surface area (Å²) in [6, 6.07) is 5.91. The molecule has 2 N–H and O–H groups in total. The molecule has 1 fully saturated rings. The van der Waals surface area contributed by atoms with Crippen LogP contribution in [0.2, 0.25) is 0 Å². The van der Waals surface area contributed by atoms with Gasteiger partial charge in [-0.25, -0.2) is 0 Å². The van der Waals surface area contributed by atoms with Crippen molar-refractivity contribution < 1.29 is 9.47 Å². The molecule has 0 bridgehead atoms. The lowest BCUT2D eigenvalue weighted by atomic mass is 10.1. The molecule has 1 aliphatic rings. The predicted octanol–water partition coefficient (Wildman–Crippen LogP) is 1.79. The summed E-state index contributed by atoms with van der Waals surface area (Å²) in [5, 5.41) is 6.89. The number of rotatable bonds is 7. The van der Waals surface area contributed by atoms with Crippen LogP contribution >= 0.6 is 0 Å². The summed E-state index contributed by atoms with van der Waals surface area (Å²) >= 11 is 0. The summed E-state index contributed by atoms with van der Waals surface area (Å²) < 4.78 is 10.6. The first kappa shape index (κ1) is 14.2. The Hall–Kier alpha value is -1.26. The van der Waals surface area contributed by atoms with E-state index in [0.717, 1.165) is 36.1 Å². The summed E-state index contributed by atoms with van der Waals surface area (Å²) in [5.41, 5.74) is 1.14. The van der Waals surface area contributed by atoms with Crippen molar-refractivity contribution in [2.45, 2.75) is 19.4 Å². The van der Waals surface area contributed by atoms with Crippen LogP contribution in [0.3, 0.4) is 0 Å². The minimum Gasteiger partial charge on any atom is -0.497 e. The number of nitrogens with one attached hydrogen (secondary N) is 2. The van der Waals surface area contributed by atoms with Gasteiger partial charge in [0.15, 0.2) is 0 Å². The van der Waals surface area contributed by atoms with Crippen molar-refractivity contribution in [1.29, 1.82) is 0 Å². The molecule has 0 aliphatic carbocycles. The Labute approximate surface area is 115 Å². The minimum absolute atomic E-state index is 0.820. The summed E-state index contributed by atoms with van der Waals surface area (Å²) in [6.45, 7) is 4.21. The molecule has 1 saturated heterocycles. The van der Waals surface area contributed by atoms with E-state index in [-0.39, 0.29) is 0 Å². The number of benzene rings is 1. The van der Waals surface area contributed by atoms with E-state index in [0.29, 0.717) is 0 Å². The monoisotopic (exact) mass is 264 g/mol. The summed E-state index contributed by atoms with van der Waals surface area (Å²) in [5.74, 6) is 2.62. The zero-order valence-electron chi connectivity index (χ0n) is 11.9. The molecule has 0 aromatic heterocycles. The van der Waals surface area contributed by atoms with Crippen LogP contribution in [0.15, 0.2) is 18.2 Å². The number of hydrogen-bond donors (Lipinski definition) is 2. The van der Waals surface area contributed by atoms with Crippen molar-refractivity contribution in [3.05, 3.63) is 23.8 Å². The van der Waals surface area contributed by atoms with Crippen molar-refractivity contribution in [1.82, 2.24) is 10.6 Å². The highest BCUT2D eigenvalue weighted by molar-refractivity contribution is 5.40. The van der Waals surface area contributed by atoms with Gasteiger partial charge in [0.05, 0.1) is 14.2 Å². The summed E-state index contributed by atoms with van der Waals surface area (Å²) in [4.78, 5) is 0. The van der Waals surface area contributed by atoms with Gasteiger partial charge < -0.3 is 20.1 Å². The molecule has 4 heteroatoms. The van der Waals surface area contributed by atoms with E-state index in [1.165, 1.54) is 25.9 Å². The molecular formula is C15H24N2O2. The lowest BCUT2D eigenvalue weighted by Gasteiger charge is -2.12. The molecule has 0 saturated carbocycles. The van der Waals surface area contributed by atoms with E-state index in [1.54, 1.807) is 14.2 Å². The van der Waals surface area contributed by atoms with E-state index in [1.807, 2.05) is 18.2 Å². The standard InChI is InChI=1S/C15H24N2O2/c1-18-14-3-4-15(19-2)13(9-14)11-17-8-6-12-5-7-16-10-12/h3-4,9,12,16-17H,5-8,10-11H2,1-2H3. The molecule has 1 atom stereocenters. The highest BCUT2D eigenvalue weighted by atomic mass is 16.5. The highest BCUT2D eigenvalue weighted by Gasteiger charge is 2.13. The third kappa shape index (κ3) is 4.11. The average molecular weight is 264 g/mol. The van der Waals surface area contributed by atoms with Crippen molar-refractivity contribution in [3.63, 3.8) is 0 Å². The van der Waals surface area contributed by atoms with Crippen LogP contribution in [-0.4, -0.2) is 33.9 Å². The second-order valence-corrected chi connectivity index (χ2v) is 5.00. The first-order valence-corrected chi connectivity index (χ1v) is 6.96. The molecule has 1 aromatic carbocycles. The van der Waals surface area contributed by atoms with Gasteiger partial charge in [-0.2, -0.15) is 0 Å². The lowest BCUT2D eigenvalue weighted by molar-refractivity contribution is 0.396. The SMILES string of the molecule is COc1ccc(OC)c(CNCCC2CCNC2)c1. The van der Waals surface area contributed by atoms with Crippen LogP contribution < -0.4 is 20.1 Å². The van der Waals surface area contributed by atoms with Gasteiger partial charge in [-0.3, -0.25) is 0 Å². The molecule has 106 valence electrons. The van der Waals surface area contributed by atoms with Crippen LogP contribution in [-0.2, 0) is 6.54 Å². The molecule has 0 spiro atoms. The number of hydrogen-bond acceptors (Lipinski definition) is 4. The molecule has 1 heterocycles. The van der Waals surface area contributed by atoms with Gasteiger partial charge in [0.1, 0.15) is 11.5 Å². The summed E-state index contributed by atoms with van der Waals surface area (Å²) in [7, 11) is 3.39. The fourth-order valence-electron chi connectivity index (χ4n) is 2.51. The Balaban J connectivity index is 1.80. The molecule has 1 aliphatic heterocycles. The fourth-order valence-corrected chi connectivity index (χ4v) is 2.51. The maximum Gasteiger partial charge on any atom is 0.123 e. The fraction of sp³-hybridized carbons (Fsp3) is 0.600. The van der Waals surface area contributed by atoms with Crippen molar-refractivity contribution in [2.75, 3.05) is 33.9 Å². The second-order valence-electron chi connectivity index (χ2n) is 5.00. The molecule has 4 nitrogen and oxygen atoms in total. The molecule has 19 heavy (non-hydrogen) atoms. The van der Waals surface area contributed by atoms with Crippen LogP contribution in [0.4, 0.5) is 0 Å². The first-order valence-electron chi connectivity index (χ1n) is 6.96. The van der Waals surface area contributed by atoms with Gasteiger partial charge in [0.25, 0.3) is 0 Å². The highest BCUT2D eigenvalue weighted by Crippen LogP contribution is 2.23. The zero-order chi connectivity index (χ0) is 13.5. The van der Waals surface area contributed by atoms with E-state index in [9.17, 15) is 0 Å². The van der Waals surface area contributed by atoms with Crippen molar-refractivity contribution in [2.24, 2.45) is 5.92 Å². The van der Waals surface area contributed by atoms with Crippen LogP contribution in [0.5, 0.6) is 11.5 Å². The largest absolute Gasteiger partial charge is 0.497 e. The Bertz CT molecular complexity index is 390. The van der Waals surface area contributed by atoms with E-state index < -0.39 is 0 Å². The summed E-state index contributed by atoms with van der Waals surface area (Å²) in [6.07, 6.45) is 2.55. The zero-order valence-corrected chi connectivity index (χ0v) is 11.9. The molecule has 0 amide bonds. The Kier molecular flexibility index (Phi) is 5.48. The van der Waals surface area contributed by atoms with Crippen LogP contribution in [0.1, 0.15) is 18.4 Å². The van der Waals surface area contributed by atoms with E-state index in [4.69, 9.17) is 9.47 Å². The molecule has 1 aromatic rings. The topological polar surface area (TPSA) is 42.5 Å². The number of ether oxygens (including phenoxy) is 2. The Morgan fingerprint density at radius 1 is 1.32 bits per heavy atom. The van der Waals surface area contributed by atoms with Crippen molar-refractivity contribution in [3.8, 4) is 11.5 Å². The molecule has 1 unspecified atom stereocenters. The third-order valence-electron chi connectivity index (χ3n) is 3.69. The van der Waals surface area contributed by atoms with Gasteiger partial charge in [-0.15, -0.1) is 0 Å². The lowest BCUT2D eigenvalue weighted by Crippen LogP contribution is -2.19. The quantitative estimate of drug-likeness (QED) is 0.737. The van der Waals surface area contributed by atoms with E-state index in [2.05, 4.69) is 10.6 Å². The Morgan fingerprint density at radius 2 is 2.21 bits per heavy atom. The van der Waals surface area contributed by atoms with Gasteiger partial charge in [-0.1, -0.05) is 0 Å². The first-order chi connectivity index (χ1) is 9.33. The van der Waals surface area contributed by atoms with Crippen LogP contribution in [0.25, 0.3) is 0 Å². The van der Waals surface area contributed by atoms with Crippen molar-refractivity contribution >= 4 is 0 Å². The maximum atomic E-state index is 5.37. The molecule has 2 rings (SSSR count). The van der Waals surface area contributed by atoms with Gasteiger partial charge >= 0.3 is 0 Å². The average Bonchev–Trinajstić information content (AvgIpc) is 2.96. The minimum atomic E-state index is 0.820. The second kappa shape index (κ2) is 7.36. The molecular weight excluding hydrogens is 240 g/mol. The van der Waals surface area contributed by atoms with Crippen LogP contribution in [0, 0.1) is 5.92 Å². The van der Waals surface area contributed by atoms with E-state index >= 15 is 0 Å². The Morgan fingerprint density at radius 3 is 2.89 bits per heavy atom. The number of methoxy groups -OCH3 is 2. The van der Waals surface area contributed by atoms with Gasteiger partial charge in [-0.05, 0) is 56.6 Å². The van der Waals surface area contributed by atoms with Gasteiger partial charge in [0, 0.05) is 12.1 Å². The van der Waals surface area contributed by atoms with Gasteiger partial charge in [0.2, 0.25) is 0 Å². The molecule has 0 radical (unpaired) electrons. The maximum absolute atomic E-state index is 5.37. The predicted molar refractivity (Wildman–Crippen MR) is 76.8 cm³/mol. The normalized spacial score (nSPS) is 18.5. The third-order valence-corrected chi connectivity index (χ3v) is 3.69.